The molecule has 0 saturated heterocycles. The van der Waals surface area contributed by atoms with Gasteiger partial charge < -0.3 is 9.84 Å². The number of alkyl halides is 2. The minimum Gasteiger partial charge on any atom is -0.456 e. The molecular weight excluding hydrogens is 400 g/mol. The smallest absolute Gasteiger partial charge is 0.330 e. The van der Waals surface area contributed by atoms with Crippen molar-refractivity contribution in [3.05, 3.63) is 52.0 Å². The molecule has 1 unspecified atom stereocenters. The van der Waals surface area contributed by atoms with E-state index in [-0.39, 0.29) is 38.2 Å². The second-order valence-electron chi connectivity index (χ2n) is 5.15. The summed E-state index contributed by atoms with van der Waals surface area (Å²) >= 11 is 3.38. The Bertz CT molecular complexity index is 775. The zero-order valence-corrected chi connectivity index (χ0v) is 13.9. The van der Waals surface area contributed by atoms with Crippen LogP contribution < -0.4 is 4.74 Å². The zero-order chi connectivity index (χ0) is 17.0. The molecule has 1 N–H and O–H groups in total. The highest BCUT2D eigenvalue weighted by atomic mass is 79.9. The molecule has 0 aromatic heterocycles. The molecule has 0 aliphatic carbocycles. The third-order valence-electron chi connectivity index (χ3n) is 3.42. The maximum absolute atomic E-state index is 13.9. The molecule has 0 spiro atoms. The number of halogens is 5. The first-order valence-corrected chi connectivity index (χ1v) is 7.99. The molecule has 23 heavy (non-hydrogen) atoms. The Morgan fingerprint density at radius 2 is 1.74 bits per heavy atom. The quantitative estimate of drug-likeness (QED) is 0.672. The van der Waals surface area contributed by atoms with Crippen molar-refractivity contribution in [2.75, 3.05) is 0 Å². The van der Waals surface area contributed by atoms with Gasteiger partial charge in [-0.05, 0) is 46.7 Å². The lowest BCUT2D eigenvalue weighted by molar-refractivity contribution is -0.110. The van der Waals surface area contributed by atoms with E-state index in [1.165, 1.54) is 12.1 Å². The van der Waals surface area contributed by atoms with Crippen LogP contribution in [0, 0.1) is 11.6 Å². The normalized spacial score (nSPS) is 22.0. The minimum atomic E-state index is -3.40. The van der Waals surface area contributed by atoms with Crippen molar-refractivity contribution in [2.24, 2.45) is 0 Å². The van der Waals surface area contributed by atoms with Crippen LogP contribution in [0.25, 0.3) is 0 Å². The number of fused-ring (bicyclic) bond motifs is 1. The number of rotatable bonds is 2. The predicted molar refractivity (Wildman–Crippen MR) is 80.9 cm³/mol. The predicted octanol–water partition coefficient (Wildman–Crippen LogP) is 5.43. The van der Waals surface area contributed by atoms with Crippen LogP contribution in [0.15, 0.2) is 39.7 Å². The van der Waals surface area contributed by atoms with E-state index < -0.39 is 22.5 Å². The van der Waals surface area contributed by atoms with Crippen molar-refractivity contribution in [2.45, 2.75) is 22.7 Å². The summed E-state index contributed by atoms with van der Waals surface area (Å²) in [5.74, 6) is -1.72. The summed E-state index contributed by atoms with van der Waals surface area (Å²) in [7, 11) is 0. The van der Waals surface area contributed by atoms with E-state index >= 15 is 0 Å². The van der Waals surface area contributed by atoms with Crippen LogP contribution in [0.4, 0.5) is 17.6 Å². The fourth-order valence-electron chi connectivity index (χ4n) is 2.25. The average Bonchev–Trinajstić information content (AvgIpc) is 2.58. The molecule has 122 valence electrons. The summed E-state index contributed by atoms with van der Waals surface area (Å²) in [6.45, 7) is 1.00. The molecule has 0 amide bonds. The van der Waals surface area contributed by atoms with Gasteiger partial charge in [-0.15, -0.1) is 0 Å². The lowest BCUT2D eigenvalue weighted by Crippen LogP contribution is -2.36. The molecule has 0 fully saturated rings. The summed E-state index contributed by atoms with van der Waals surface area (Å²) in [6.07, 6.45) is 0. The molecule has 3 rings (SSSR count). The van der Waals surface area contributed by atoms with Gasteiger partial charge in [-0.2, -0.15) is 8.78 Å². The van der Waals surface area contributed by atoms with E-state index in [0.29, 0.717) is 6.07 Å². The largest absolute Gasteiger partial charge is 0.456 e. The number of hydrogen-bond donors (Lipinski definition) is 1. The van der Waals surface area contributed by atoms with Gasteiger partial charge in [-0.3, -0.25) is 0 Å². The third kappa shape index (κ3) is 2.72. The fourth-order valence-corrected chi connectivity index (χ4v) is 4.31. The number of benzene rings is 2. The SMILES string of the molecule is CC1(O)c2c(ccc(Oc3cc(F)cc(F)c3)c2Br)SC1(F)F. The molecule has 8 heteroatoms. The van der Waals surface area contributed by atoms with Crippen LogP contribution in [0.2, 0.25) is 0 Å². The van der Waals surface area contributed by atoms with Crippen molar-refractivity contribution in [1.29, 1.82) is 0 Å². The van der Waals surface area contributed by atoms with Gasteiger partial charge in [0.2, 0.25) is 0 Å². The molecular formula is C15H9BrF4O2S. The Balaban J connectivity index is 2.04. The number of ether oxygens (including phenoxy) is 1. The molecule has 2 nitrogen and oxygen atoms in total. The molecule has 0 bridgehead atoms. The second-order valence-corrected chi connectivity index (χ2v) is 7.10. The fraction of sp³-hybridized carbons (Fsp3) is 0.200. The number of aliphatic hydroxyl groups is 1. The molecule has 2 aromatic carbocycles. The van der Waals surface area contributed by atoms with Gasteiger partial charge in [0.05, 0.1) is 4.47 Å². The van der Waals surface area contributed by atoms with Crippen LogP contribution in [-0.4, -0.2) is 10.4 Å². The Morgan fingerprint density at radius 3 is 2.35 bits per heavy atom. The third-order valence-corrected chi connectivity index (χ3v) is 5.43. The Hall–Kier alpha value is -1.25. The van der Waals surface area contributed by atoms with E-state index in [9.17, 15) is 22.7 Å². The molecule has 1 heterocycles. The zero-order valence-electron chi connectivity index (χ0n) is 11.5. The standard InChI is InChI=1S/C15H9BrF4O2S/c1-14(21)12-11(23-15(14,19)20)3-2-10(13(12)16)22-9-5-7(17)4-8(18)6-9/h2-6,21H,1H3. The average molecular weight is 409 g/mol. The Morgan fingerprint density at radius 1 is 1.13 bits per heavy atom. The minimum absolute atomic E-state index is 0.0260. The van der Waals surface area contributed by atoms with Gasteiger partial charge in [0, 0.05) is 28.7 Å². The van der Waals surface area contributed by atoms with E-state index in [4.69, 9.17) is 4.74 Å². The monoisotopic (exact) mass is 408 g/mol. The molecule has 1 aliphatic heterocycles. The molecule has 1 atom stereocenters. The van der Waals surface area contributed by atoms with Crippen molar-refractivity contribution < 1.29 is 27.4 Å². The van der Waals surface area contributed by atoms with Crippen LogP contribution in [0.3, 0.4) is 0 Å². The van der Waals surface area contributed by atoms with Gasteiger partial charge in [0.25, 0.3) is 0 Å². The maximum atomic E-state index is 13.9. The van der Waals surface area contributed by atoms with Gasteiger partial charge in [-0.25, -0.2) is 8.78 Å². The first-order valence-electron chi connectivity index (χ1n) is 6.38. The van der Waals surface area contributed by atoms with Crippen LogP contribution in [0.5, 0.6) is 11.5 Å². The highest BCUT2D eigenvalue weighted by Crippen LogP contribution is 2.60. The summed E-state index contributed by atoms with van der Waals surface area (Å²) in [5, 5.41) is 6.76. The van der Waals surface area contributed by atoms with E-state index in [0.717, 1.165) is 19.1 Å². The van der Waals surface area contributed by atoms with Crippen LogP contribution in [-0.2, 0) is 5.60 Å². The molecule has 2 aromatic rings. The van der Waals surface area contributed by atoms with E-state index in [2.05, 4.69) is 15.9 Å². The van der Waals surface area contributed by atoms with Gasteiger partial charge >= 0.3 is 5.25 Å². The Labute approximate surface area is 141 Å². The first kappa shape index (κ1) is 16.6. The van der Waals surface area contributed by atoms with Crippen molar-refractivity contribution in [3.8, 4) is 11.5 Å². The summed E-state index contributed by atoms with van der Waals surface area (Å²) < 4.78 is 59.7. The van der Waals surface area contributed by atoms with Crippen molar-refractivity contribution in [1.82, 2.24) is 0 Å². The van der Waals surface area contributed by atoms with Crippen molar-refractivity contribution >= 4 is 27.7 Å². The maximum Gasteiger partial charge on any atom is 0.330 e. The topological polar surface area (TPSA) is 29.5 Å². The van der Waals surface area contributed by atoms with Crippen molar-refractivity contribution in [3.63, 3.8) is 0 Å². The van der Waals surface area contributed by atoms with Crippen LogP contribution in [0.1, 0.15) is 12.5 Å². The number of thioether (sulfide) groups is 1. The van der Waals surface area contributed by atoms with Crippen LogP contribution >= 0.6 is 27.7 Å². The lowest BCUT2D eigenvalue weighted by atomic mass is 9.96. The van der Waals surface area contributed by atoms with Gasteiger partial charge in [-0.1, -0.05) is 0 Å². The lowest BCUT2D eigenvalue weighted by Gasteiger charge is -2.25. The van der Waals surface area contributed by atoms with Gasteiger partial charge in [0.1, 0.15) is 23.1 Å². The van der Waals surface area contributed by atoms with E-state index in [1.54, 1.807) is 0 Å². The first-order chi connectivity index (χ1) is 10.6. The molecule has 1 aliphatic rings. The molecule has 0 saturated carbocycles. The Kier molecular flexibility index (Phi) is 3.89. The number of hydrogen-bond acceptors (Lipinski definition) is 3. The summed E-state index contributed by atoms with van der Waals surface area (Å²) in [4.78, 5) is 0.199. The van der Waals surface area contributed by atoms with E-state index in [1.807, 2.05) is 0 Å². The van der Waals surface area contributed by atoms with Gasteiger partial charge in [0.15, 0.2) is 5.60 Å². The summed E-state index contributed by atoms with van der Waals surface area (Å²) in [6, 6.07) is 5.36. The highest BCUT2D eigenvalue weighted by Gasteiger charge is 2.58. The molecule has 0 radical (unpaired) electrons. The second kappa shape index (κ2) is 5.39. The summed E-state index contributed by atoms with van der Waals surface area (Å²) in [5.41, 5.74) is -2.43. The highest BCUT2D eigenvalue weighted by molar-refractivity contribution is 9.10.